The molecule has 0 fully saturated rings. The third-order valence-corrected chi connectivity index (χ3v) is 2.67. The maximum Gasteiger partial charge on any atom is 0.456 e. The first-order chi connectivity index (χ1) is 9.79. The average molecular weight is 306 g/mol. The van der Waals surface area contributed by atoms with Crippen molar-refractivity contribution in [3.05, 3.63) is 11.9 Å². The zero-order valence-corrected chi connectivity index (χ0v) is 11.9. The van der Waals surface area contributed by atoms with Gasteiger partial charge in [0.2, 0.25) is 5.91 Å². The van der Waals surface area contributed by atoms with E-state index in [4.69, 9.17) is 0 Å². The summed E-state index contributed by atoms with van der Waals surface area (Å²) in [6, 6.07) is 0. The molecule has 1 aromatic rings. The van der Waals surface area contributed by atoms with Crippen LogP contribution in [0.4, 0.5) is 13.2 Å². The zero-order chi connectivity index (χ0) is 16.0. The summed E-state index contributed by atoms with van der Waals surface area (Å²) in [5.41, 5.74) is -0.812. The van der Waals surface area contributed by atoms with Gasteiger partial charge in [-0.2, -0.15) is 13.2 Å². The van der Waals surface area contributed by atoms with Crippen LogP contribution in [0, 0.1) is 0 Å². The predicted molar refractivity (Wildman–Crippen MR) is 67.6 cm³/mol. The second-order valence-corrected chi connectivity index (χ2v) is 4.51. The number of Topliss-reactive ketones (excluding diaryl/α,β-unsaturated/α-hetero) is 1. The molecule has 0 saturated heterocycles. The Bertz CT molecular complexity index is 493. The van der Waals surface area contributed by atoms with Crippen LogP contribution in [0.2, 0.25) is 0 Å². The number of carbonyl (C=O) groups is 2. The number of carbonyl (C=O) groups excluding carboxylic acids is 2. The van der Waals surface area contributed by atoms with E-state index in [0.717, 1.165) is 23.7 Å². The number of ketones is 1. The minimum Gasteiger partial charge on any atom is -0.341 e. The molecule has 9 heteroatoms. The first kappa shape index (κ1) is 17.1. The molecule has 0 radical (unpaired) electrons. The van der Waals surface area contributed by atoms with Crippen LogP contribution in [-0.2, 0) is 11.3 Å². The molecule has 0 aliphatic carbocycles. The highest BCUT2D eigenvalue weighted by atomic mass is 19.4. The van der Waals surface area contributed by atoms with Crippen LogP contribution in [0.3, 0.4) is 0 Å². The quantitative estimate of drug-likeness (QED) is 0.719. The summed E-state index contributed by atoms with van der Waals surface area (Å²) in [7, 11) is 0. The van der Waals surface area contributed by atoms with Crippen LogP contribution in [0.1, 0.15) is 37.2 Å². The Morgan fingerprint density at radius 3 is 2.29 bits per heavy atom. The van der Waals surface area contributed by atoms with Crippen LogP contribution in [-0.4, -0.2) is 50.9 Å². The molecule has 21 heavy (non-hydrogen) atoms. The smallest absolute Gasteiger partial charge is 0.341 e. The fourth-order valence-electron chi connectivity index (χ4n) is 1.76. The van der Waals surface area contributed by atoms with Crippen molar-refractivity contribution in [3.8, 4) is 0 Å². The average Bonchev–Trinajstić information content (AvgIpc) is 2.84. The highest BCUT2D eigenvalue weighted by molar-refractivity contribution is 5.98. The van der Waals surface area contributed by atoms with Gasteiger partial charge < -0.3 is 4.90 Å². The number of halogens is 3. The van der Waals surface area contributed by atoms with Gasteiger partial charge in [0.15, 0.2) is 5.69 Å². The number of nitrogens with zero attached hydrogens (tertiary/aromatic N) is 4. The molecular weight excluding hydrogens is 289 g/mol. The molecule has 1 heterocycles. The Hall–Kier alpha value is -1.93. The molecule has 0 spiro atoms. The first-order valence-electron chi connectivity index (χ1n) is 6.59. The summed E-state index contributed by atoms with van der Waals surface area (Å²) in [5.74, 6) is -2.34. The molecule has 1 rings (SSSR count). The van der Waals surface area contributed by atoms with E-state index in [1.54, 1.807) is 4.90 Å². The summed E-state index contributed by atoms with van der Waals surface area (Å²) in [4.78, 5) is 24.6. The third kappa shape index (κ3) is 4.83. The van der Waals surface area contributed by atoms with Gasteiger partial charge in [-0.05, 0) is 12.8 Å². The molecule has 0 aliphatic rings. The lowest BCUT2D eigenvalue weighted by molar-refractivity contribution is -0.132. The highest BCUT2D eigenvalue weighted by Gasteiger charge is 2.41. The summed E-state index contributed by atoms with van der Waals surface area (Å²) < 4.78 is 37.6. The van der Waals surface area contributed by atoms with E-state index in [1.165, 1.54) is 0 Å². The first-order valence-corrected chi connectivity index (χ1v) is 6.59. The Morgan fingerprint density at radius 1 is 1.24 bits per heavy atom. The molecule has 1 aromatic heterocycles. The van der Waals surface area contributed by atoms with E-state index >= 15 is 0 Å². The monoisotopic (exact) mass is 306 g/mol. The minimum atomic E-state index is -5.00. The largest absolute Gasteiger partial charge is 0.456 e. The van der Waals surface area contributed by atoms with Gasteiger partial charge in [-0.1, -0.05) is 19.1 Å². The van der Waals surface area contributed by atoms with Gasteiger partial charge in [0.25, 0.3) is 5.78 Å². The van der Waals surface area contributed by atoms with Gasteiger partial charge in [0.1, 0.15) is 6.54 Å². The van der Waals surface area contributed by atoms with Crippen molar-refractivity contribution in [1.82, 2.24) is 19.9 Å². The highest BCUT2D eigenvalue weighted by Crippen LogP contribution is 2.19. The number of amides is 1. The second kappa shape index (κ2) is 7.19. The Labute approximate surface area is 119 Å². The van der Waals surface area contributed by atoms with Crippen LogP contribution in [0.15, 0.2) is 6.20 Å². The maximum atomic E-state index is 12.2. The van der Waals surface area contributed by atoms with E-state index in [-0.39, 0.29) is 12.5 Å². The number of aromatic nitrogens is 3. The van der Waals surface area contributed by atoms with Crippen LogP contribution >= 0.6 is 0 Å². The topological polar surface area (TPSA) is 68.1 Å². The number of hydrogen-bond acceptors (Lipinski definition) is 4. The maximum absolute atomic E-state index is 12.2. The van der Waals surface area contributed by atoms with Gasteiger partial charge in [0, 0.05) is 13.1 Å². The minimum absolute atomic E-state index is 0.238. The van der Waals surface area contributed by atoms with E-state index < -0.39 is 17.7 Å². The van der Waals surface area contributed by atoms with E-state index in [2.05, 4.69) is 10.3 Å². The second-order valence-electron chi connectivity index (χ2n) is 4.51. The van der Waals surface area contributed by atoms with Crippen molar-refractivity contribution in [2.45, 2.75) is 39.4 Å². The van der Waals surface area contributed by atoms with Crippen molar-refractivity contribution < 1.29 is 22.8 Å². The Kier molecular flexibility index (Phi) is 5.86. The van der Waals surface area contributed by atoms with E-state index in [1.807, 2.05) is 13.8 Å². The molecule has 0 aliphatic heterocycles. The Balaban J connectivity index is 2.73. The molecule has 0 atom stereocenters. The molecule has 118 valence electrons. The number of alkyl halides is 3. The van der Waals surface area contributed by atoms with Gasteiger partial charge in [0.05, 0.1) is 6.20 Å². The van der Waals surface area contributed by atoms with Crippen molar-refractivity contribution in [3.63, 3.8) is 0 Å². The van der Waals surface area contributed by atoms with Gasteiger partial charge in [-0.25, -0.2) is 4.68 Å². The van der Waals surface area contributed by atoms with E-state index in [9.17, 15) is 22.8 Å². The molecule has 6 nitrogen and oxygen atoms in total. The molecule has 0 unspecified atom stereocenters. The van der Waals surface area contributed by atoms with Crippen molar-refractivity contribution in [2.24, 2.45) is 0 Å². The lowest BCUT2D eigenvalue weighted by Gasteiger charge is -2.21. The fourth-order valence-corrected chi connectivity index (χ4v) is 1.76. The predicted octanol–water partition coefficient (Wildman–Crippen LogP) is 1.67. The summed E-state index contributed by atoms with van der Waals surface area (Å²) in [6.45, 7) is 4.74. The SMILES string of the molecule is CCCN(CCC)C(=O)Cn1cc(C(=O)C(F)(F)F)nn1. The number of rotatable bonds is 7. The lowest BCUT2D eigenvalue weighted by atomic mass is 10.3. The molecule has 0 saturated carbocycles. The van der Waals surface area contributed by atoms with Crippen LogP contribution < -0.4 is 0 Å². The molecular formula is C12H17F3N4O2. The van der Waals surface area contributed by atoms with Crippen molar-refractivity contribution in [2.75, 3.05) is 13.1 Å². The summed E-state index contributed by atoms with van der Waals surface area (Å²) >= 11 is 0. The van der Waals surface area contributed by atoms with Crippen molar-refractivity contribution >= 4 is 11.7 Å². The molecule has 0 aromatic carbocycles. The van der Waals surface area contributed by atoms with Gasteiger partial charge in [-0.3, -0.25) is 9.59 Å². The van der Waals surface area contributed by atoms with Crippen molar-refractivity contribution in [1.29, 1.82) is 0 Å². The van der Waals surface area contributed by atoms with E-state index in [0.29, 0.717) is 13.1 Å². The third-order valence-electron chi connectivity index (χ3n) is 2.67. The zero-order valence-electron chi connectivity index (χ0n) is 11.9. The fraction of sp³-hybridized carbons (Fsp3) is 0.667. The standard InChI is InChI=1S/C12H17F3N4O2/c1-3-5-18(6-4-2)10(20)8-19-7-9(16-17-19)11(21)12(13,14)15/h7H,3-6,8H2,1-2H3. The normalized spacial score (nSPS) is 11.5. The summed E-state index contributed by atoms with van der Waals surface area (Å²) in [5, 5.41) is 6.55. The van der Waals surface area contributed by atoms with Crippen LogP contribution in [0.5, 0.6) is 0 Å². The molecule has 1 amide bonds. The van der Waals surface area contributed by atoms with Gasteiger partial charge in [-0.15, -0.1) is 5.10 Å². The summed E-state index contributed by atoms with van der Waals surface area (Å²) in [6.07, 6.45) is -2.60. The molecule has 0 N–H and O–H groups in total. The van der Waals surface area contributed by atoms with Gasteiger partial charge >= 0.3 is 6.18 Å². The Morgan fingerprint density at radius 2 is 1.81 bits per heavy atom. The lowest BCUT2D eigenvalue weighted by Crippen LogP contribution is -2.35. The molecule has 0 bridgehead atoms. The van der Waals surface area contributed by atoms with Crippen LogP contribution in [0.25, 0.3) is 0 Å². The number of hydrogen-bond donors (Lipinski definition) is 0.